The van der Waals surface area contributed by atoms with Gasteiger partial charge in [0.1, 0.15) is 6.17 Å². The van der Waals surface area contributed by atoms with Crippen molar-refractivity contribution < 1.29 is 9.18 Å². The van der Waals surface area contributed by atoms with Crippen LogP contribution in [-0.4, -0.2) is 42.2 Å². The molecule has 1 saturated carbocycles. The molecule has 1 amide bonds. The van der Waals surface area contributed by atoms with Crippen LogP contribution in [0.15, 0.2) is 0 Å². The summed E-state index contributed by atoms with van der Waals surface area (Å²) in [5, 5.41) is 3.25. The third kappa shape index (κ3) is 1.01. The van der Waals surface area contributed by atoms with Gasteiger partial charge < -0.3 is 10.2 Å². The number of amides is 1. The zero-order valence-electron chi connectivity index (χ0n) is 7.37. The SMILES string of the molecule is O=C(C1CC1F)N1[C@H]2CNC[C@H]1C2. The molecule has 4 atom stereocenters. The summed E-state index contributed by atoms with van der Waals surface area (Å²) in [5.41, 5.74) is 0. The minimum atomic E-state index is -0.846. The summed E-state index contributed by atoms with van der Waals surface area (Å²) in [7, 11) is 0. The monoisotopic (exact) mass is 184 g/mol. The van der Waals surface area contributed by atoms with Crippen molar-refractivity contribution in [2.45, 2.75) is 31.1 Å². The van der Waals surface area contributed by atoms with E-state index in [1.165, 1.54) is 0 Å². The maximum Gasteiger partial charge on any atom is 0.229 e. The number of hydrogen-bond donors (Lipinski definition) is 1. The van der Waals surface area contributed by atoms with Gasteiger partial charge in [-0.1, -0.05) is 0 Å². The molecule has 3 fully saturated rings. The van der Waals surface area contributed by atoms with E-state index in [-0.39, 0.29) is 11.8 Å². The second-order valence-corrected chi connectivity index (χ2v) is 4.31. The lowest BCUT2D eigenvalue weighted by molar-refractivity contribution is -0.149. The zero-order chi connectivity index (χ0) is 9.00. The summed E-state index contributed by atoms with van der Waals surface area (Å²) in [4.78, 5) is 13.6. The smallest absolute Gasteiger partial charge is 0.229 e. The highest BCUT2D eigenvalue weighted by Crippen LogP contribution is 2.40. The van der Waals surface area contributed by atoms with Gasteiger partial charge in [-0.15, -0.1) is 0 Å². The van der Waals surface area contributed by atoms with Crippen LogP contribution < -0.4 is 5.32 Å². The molecule has 2 bridgehead atoms. The average molecular weight is 184 g/mol. The van der Waals surface area contributed by atoms with Crippen LogP contribution in [0, 0.1) is 5.92 Å². The maximum absolute atomic E-state index is 12.7. The number of rotatable bonds is 1. The van der Waals surface area contributed by atoms with Crippen LogP contribution in [0.1, 0.15) is 12.8 Å². The third-order valence-electron chi connectivity index (χ3n) is 3.38. The predicted octanol–water partition coefficient (Wildman–Crippen LogP) is -0.0829. The van der Waals surface area contributed by atoms with E-state index in [4.69, 9.17) is 0 Å². The Morgan fingerprint density at radius 2 is 1.92 bits per heavy atom. The normalized spacial score (nSPS) is 47.0. The van der Waals surface area contributed by atoms with Gasteiger partial charge in [0.2, 0.25) is 5.91 Å². The van der Waals surface area contributed by atoms with Gasteiger partial charge in [-0.3, -0.25) is 4.79 Å². The largest absolute Gasteiger partial charge is 0.334 e. The summed E-state index contributed by atoms with van der Waals surface area (Å²) in [6, 6.07) is 0.720. The lowest BCUT2D eigenvalue weighted by Gasteiger charge is -2.53. The summed E-state index contributed by atoms with van der Waals surface area (Å²) >= 11 is 0. The van der Waals surface area contributed by atoms with E-state index in [0.29, 0.717) is 18.5 Å². The van der Waals surface area contributed by atoms with Crippen LogP contribution >= 0.6 is 0 Å². The number of fused-ring (bicyclic) bond motifs is 2. The van der Waals surface area contributed by atoms with Crippen molar-refractivity contribution in [1.82, 2.24) is 10.2 Å². The molecule has 0 aromatic carbocycles. The first-order chi connectivity index (χ1) is 6.27. The van der Waals surface area contributed by atoms with E-state index >= 15 is 0 Å². The molecule has 0 radical (unpaired) electrons. The molecule has 2 saturated heterocycles. The lowest BCUT2D eigenvalue weighted by atomic mass is 9.88. The molecular weight excluding hydrogens is 171 g/mol. The highest BCUT2D eigenvalue weighted by atomic mass is 19.1. The number of nitrogens with one attached hydrogen (secondary N) is 1. The second kappa shape index (κ2) is 2.44. The quantitative estimate of drug-likeness (QED) is 0.618. The van der Waals surface area contributed by atoms with Crippen LogP contribution in [0.3, 0.4) is 0 Å². The van der Waals surface area contributed by atoms with Crippen molar-refractivity contribution >= 4 is 5.91 Å². The van der Waals surface area contributed by atoms with Gasteiger partial charge >= 0.3 is 0 Å². The molecule has 4 heteroatoms. The zero-order valence-corrected chi connectivity index (χ0v) is 7.37. The average Bonchev–Trinajstić information content (AvgIpc) is 2.84. The van der Waals surface area contributed by atoms with Crippen molar-refractivity contribution in [3.8, 4) is 0 Å². The molecule has 3 aliphatic rings. The number of nitrogens with zero attached hydrogens (tertiary/aromatic N) is 1. The molecule has 72 valence electrons. The number of piperazine rings is 1. The van der Waals surface area contributed by atoms with E-state index in [1.807, 2.05) is 4.90 Å². The van der Waals surface area contributed by atoms with Gasteiger partial charge in [0.15, 0.2) is 0 Å². The van der Waals surface area contributed by atoms with Gasteiger partial charge in [-0.05, 0) is 12.8 Å². The van der Waals surface area contributed by atoms with Crippen LogP contribution in [0.4, 0.5) is 4.39 Å². The molecule has 0 aromatic heterocycles. The fourth-order valence-electron chi connectivity index (χ4n) is 2.45. The molecule has 13 heavy (non-hydrogen) atoms. The number of piperidine rings is 1. The highest BCUT2D eigenvalue weighted by Gasteiger charge is 2.52. The summed E-state index contributed by atoms with van der Waals surface area (Å²) in [6.45, 7) is 1.79. The van der Waals surface area contributed by atoms with E-state index < -0.39 is 6.17 Å². The Bertz CT molecular complexity index is 244. The Hall–Kier alpha value is -0.640. The van der Waals surface area contributed by atoms with E-state index in [0.717, 1.165) is 19.5 Å². The van der Waals surface area contributed by atoms with Crippen LogP contribution in [0.25, 0.3) is 0 Å². The first kappa shape index (κ1) is 7.74. The number of carbonyl (C=O) groups is 1. The summed E-state index contributed by atoms with van der Waals surface area (Å²) in [6.07, 6.45) is 0.728. The van der Waals surface area contributed by atoms with E-state index in [9.17, 15) is 9.18 Å². The van der Waals surface area contributed by atoms with E-state index in [1.54, 1.807) is 0 Å². The molecule has 0 spiro atoms. The number of hydrogen-bond acceptors (Lipinski definition) is 2. The Morgan fingerprint density at radius 3 is 2.38 bits per heavy atom. The first-order valence-electron chi connectivity index (χ1n) is 4.94. The van der Waals surface area contributed by atoms with Crippen molar-refractivity contribution in [3.63, 3.8) is 0 Å². The maximum atomic E-state index is 12.7. The molecule has 0 aromatic rings. The van der Waals surface area contributed by atoms with Crippen LogP contribution in [0.2, 0.25) is 0 Å². The van der Waals surface area contributed by atoms with Gasteiger partial charge in [0, 0.05) is 25.2 Å². The van der Waals surface area contributed by atoms with E-state index in [2.05, 4.69) is 5.32 Å². The van der Waals surface area contributed by atoms with Crippen molar-refractivity contribution in [2.75, 3.05) is 13.1 Å². The fourth-order valence-corrected chi connectivity index (χ4v) is 2.45. The van der Waals surface area contributed by atoms with Gasteiger partial charge in [0.05, 0.1) is 5.92 Å². The molecule has 2 aliphatic heterocycles. The Morgan fingerprint density at radius 1 is 1.31 bits per heavy atom. The highest BCUT2D eigenvalue weighted by molar-refractivity contribution is 5.83. The second-order valence-electron chi connectivity index (χ2n) is 4.31. The van der Waals surface area contributed by atoms with Gasteiger partial charge in [-0.25, -0.2) is 4.39 Å². The predicted molar refractivity (Wildman–Crippen MR) is 44.9 cm³/mol. The number of carbonyl (C=O) groups excluding carboxylic acids is 1. The Kier molecular flexibility index (Phi) is 1.45. The molecule has 3 nitrogen and oxygen atoms in total. The molecule has 1 N–H and O–H groups in total. The lowest BCUT2D eigenvalue weighted by Crippen LogP contribution is -2.69. The minimum absolute atomic E-state index is 0.0650. The van der Waals surface area contributed by atoms with Gasteiger partial charge in [-0.2, -0.15) is 0 Å². The molecular formula is C9H13FN2O. The van der Waals surface area contributed by atoms with Crippen molar-refractivity contribution in [2.24, 2.45) is 5.92 Å². The van der Waals surface area contributed by atoms with Crippen molar-refractivity contribution in [1.29, 1.82) is 0 Å². The molecule has 2 heterocycles. The fraction of sp³-hybridized carbons (Fsp3) is 0.889. The minimum Gasteiger partial charge on any atom is -0.334 e. The molecule has 2 unspecified atom stereocenters. The third-order valence-corrected chi connectivity index (χ3v) is 3.38. The summed E-state index contributed by atoms with van der Waals surface area (Å²) in [5.74, 6) is -0.223. The standard InChI is InChI=1S/C9H13FN2O/c10-8-2-7(8)9(13)12-5-1-6(12)4-11-3-5/h5-8,11H,1-4H2/t5-,6-,7?,8?/m1/s1. The van der Waals surface area contributed by atoms with Crippen molar-refractivity contribution in [3.05, 3.63) is 0 Å². The molecule has 1 aliphatic carbocycles. The van der Waals surface area contributed by atoms with Crippen LogP contribution in [0.5, 0.6) is 0 Å². The van der Waals surface area contributed by atoms with Gasteiger partial charge in [0.25, 0.3) is 0 Å². The summed E-state index contributed by atoms with van der Waals surface area (Å²) < 4.78 is 12.7. The molecule has 3 rings (SSSR count). The first-order valence-corrected chi connectivity index (χ1v) is 4.94. The number of halogens is 1. The Labute approximate surface area is 76.3 Å². The van der Waals surface area contributed by atoms with Crippen LogP contribution in [-0.2, 0) is 4.79 Å². The topological polar surface area (TPSA) is 32.3 Å². The Balaban J connectivity index is 1.69. The number of alkyl halides is 1.